The summed E-state index contributed by atoms with van der Waals surface area (Å²) in [5, 5.41) is 0.480. The second-order valence-electron chi connectivity index (χ2n) is 5.94. The number of nitrogens with zero attached hydrogens (tertiary/aromatic N) is 1. The number of aromatic amines is 1. The van der Waals surface area contributed by atoms with E-state index in [1.807, 2.05) is 0 Å². The Bertz CT molecular complexity index is 738. The number of nitrogens with one attached hydrogen (secondary N) is 1. The largest absolute Gasteiger partial charge is 0.301 e. The predicted octanol–water partition coefficient (Wildman–Crippen LogP) is 4.26. The SMILES string of the molecule is Cc1c(C(C)c2c(F)cccc2F)nc(SCC(C)C)[nH]c1=O. The lowest BCUT2D eigenvalue weighted by Gasteiger charge is -2.16. The lowest BCUT2D eigenvalue weighted by molar-refractivity contribution is 0.543. The molecule has 0 aliphatic rings. The van der Waals surface area contributed by atoms with Crippen molar-refractivity contribution in [3.63, 3.8) is 0 Å². The third-order valence-electron chi connectivity index (χ3n) is 3.56. The first-order valence-electron chi connectivity index (χ1n) is 7.48. The van der Waals surface area contributed by atoms with E-state index in [4.69, 9.17) is 0 Å². The number of hydrogen-bond donors (Lipinski definition) is 1. The van der Waals surface area contributed by atoms with Crippen LogP contribution in [0, 0.1) is 24.5 Å². The number of H-pyrrole nitrogens is 1. The molecule has 1 atom stereocenters. The van der Waals surface area contributed by atoms with Gasteiger partial charge < -0.3 is 4.98 Å². The first kappa shape index (κ1) is 17.7. The Balaban J connectivity index is 2.47. The van der Waals surface area contributed by atoms with E-state index in [1.165, 1.54) is 30.0 Å². The molecule has 0 amide bonds. The molecule has 0 radical (unpaired) electrons. The van der Waals surface area contributed by atoms with Crippen molar-refractivity contribution in [2.24, 2.45) is 5.92 Å². The molecule has 2 aromatic rings. The average molecular weight is 338 g/mol. The van der Waals surface area contributed by atoms with Gasteiger partial charge in [-0.05, 0) is 25.0 Å². The standard InChI is InChI=1S/C17H20F2N2OS/c1-9(2)8-23-17-20-15(11(4)16(22)21-17)10(3)14-12(18)6-5-7-13(14)19/h5-7,9-10H,8H2,1-4H3,(H,20,21,22). The summed E-state index contributed by atoms with van der Waals surface area (Å²) in [6.07, 6.45) is 0. The van der Waals surface area contributed by atoms with Crippen LogP contribution in [0.25, 0.3) is 0 Å². The lowest BCUT2D eigenvalue weighted by atomic mass is 9.94. The maximum absolute atomic E-state index is 14.0. The normalized spacial score (nSPS) is 12.7. The molecule has 124 valence electrons. The molecule has 0 saturated heterocycles. The molecule has 0 bridgehead atoms. The summed E-state index contributed by atoms with van der Waals surface area (Å²) in [4.78, 5) is 19.3. The molecular weight excluding hydrogens is 318 g/mol. The van der Waals surface area contributed by atoms with Gasteiger partial charge >= 0.3 is 0 Å². The Kier molecular flexibility index (Phi) is 5.57. The molecule has 1 aromatic heterocycles. The van der Waals surface area contributed by atoms with Gasteiger partial charge in [-0.2, -0.15) is 0 Å². The van der Waals surface area contributed by atoms with Crippen molar-refractivity contribution in [2.45, 2.75) is 38.8 Å². The van der Waals surface area contributed by atoms with Crippen molar-refractivity contribution in [1.82, 2.24) is 9.97 Å². The summed E-state index contributed by atoms with van der Waals surface area (Å²) in [7, 11) is 0. The average Bonchev–Trinajstić information content (AvgIpc) is 2.47. The van der Waals surface area contributed by atoms with Crippen molar-refractivity contribution in [3.05, 3.63) is 57.0 Å². The molecule has 3 nitrogen and oxygen atoms in total. The highest BCUT2D eigenvalue weighted by molar-refractivity contribution is 7.99. The topological polar surface area (TPSA) is 45.8 Å². The Morgan fingerprint density at radius 1 is 1.22 bits per heavy atom. The van der Waals surface area contributed by atoms with Crippen LogP contribution in [0.3, 0.4) is 0 Å². The Morgan fingerprint density at radius 2 is 1.83 bits per heavy atom. The molecule has 1 unspecified atom stereocenters. The summed E-state index contributed by atoms with van der Waals surface area (Å²) >= 11 is 1.43. The third-order valence-corrected chi connectivity index (χ3v) is 4.86. The van der Waals surface area contributed by atoms with E-state index in [-0.39, 0.29) is 11.1 Å². The molecule has 23 heavy (non-hydrogen) atoms. The van der Waals surface area contributed by atoms with Crippen LogP contribution in [0.5, 0.6) is 0 Å². The fraction of sp³-hybridized carbons (Fsp3) is 0.412. The fourth-order valence-electron chi connectivity index (χ4n) is 2.33. The molecule has 0 aliphatic heterocycles. The third kappa shape index (κ3) is 3.99. The van der Waals surface area contributed by atoms with Crippen molar-refractivity contribution >= 4 is 11.8 Å². The molecule has 6 heteroatoms. The lowest BCUT2D eigenvalue weighted by Crippen LogP contribution is -2.19. The first-order chi connectivity index (χ1) is 10.8. The minimum Gasteiger partial charge on any atom is -0.301 e. The number of hydrogen-bond acceptors (Lipinski definition) is 3. The van der Waals surface area contributed by atoms with Gasteiger partial charge in [0.05, 0.1) is 5.69 Å². The Hall–Kier alpha value is -1.69. The smallest absolute Gasteiger partial charge is 0.254 e. The summed E-state index contributed by atoms with van der Waals surface area (Å²) in [5.74, 6) is -0.660. The quantitative estimate of drug-likeness (QED) is 0.654. The van der Waals surface area contributed by atoms with Crippen LogP contribution in [-0.4, -0.2) is 15.7 Å². The van der Waals surface area contributed by atoms with Crippen molar-refractivity contribution in [3.8, 4) is 0 Å². The predicted molar refractivity (Wildman–Crippen MR) is 89.0 cm³/mol. The Labute approximate surface area is 138 Å². The number of halogens is 2. The van der Waals surface area contributed by atoms with Gasteiger partial charge in [-0.15, -0.1) is 0 Å². The maximum atomic E-state index is 14.0. The van der Waals surface area contributed by atoms with E-state index >= 15 is 0 Å². The zero-order chi connectivity index (χ0) is 17.1. The van der Waals surface area contributed by atoms with Crippen LogP contribution in [0.4, 0.5) is 8.78 Å². The van der Waals surface area contributed by atoms with Crippen molar-refractivity contribution in [1.29, 1.82) is 0 Å². The molecule has 0 spiro atoms. The number of thioether (sulfide) groups is 1. The van der Waals surface area contributed by atoms with Gasteiger partial charge in [-0.1, -0.05) is 38.6 Å². The maximum Gasteiger partial charge on any atom is 0.254 e. The molecule has 0 saturated carbocycles. The Morgan fingerprint density at radius 3 is 2.39 bits per heavy atom. The minimum absolute atomic E-state index is 0.0616. The number of benzene rings is 1. The van der Waals surface area contributed by atoms with E-state index in [0.717, 1.165) is 5.75 Å². The van der Waals surface area contributed by atoms with Crippen LogP contribution < -0.4 is 5.56 Å². The summed E-state index contributed by atoms with van der Waals surface area (Å²) < 4.78 is 28.0. The van der Waals surface area contributed by atoms with Gasteiger partial charge in [-0.25, -0.2) is 13.8 Å². The van der Waals surface area contributed by atoms with E-state index in [1.54, 1.807) is 13.8 Å². The van der Waals surface area contributed by atoms with Crippen molar-refractivity contribution in [2.75, 3.05) is 5.75 Å². The van der Waals surface area contributed by atoms with E-state index < -0.39 is 17.6 Å². The summed E-state index contributed by atoms with van der Waals surface area (Å²) in [6, 6.07) is 3.75. The van der Waals surface area contributed by atoms with E-state index in [9.17, 15) is 13.6 Å². The molecule has 0 fully saturated rings. The highest BCUT2D eigenvalue weighted by Gasteiger charge is 2.22. The highest BCUT2D eigenvalue weighted by Crippen LogP contribution is 2.29. The van der Waals surface area contributed by atoms with E-state index in [2.05, 4.69) is 23.8 Å². The van der Waals surface area contributed by atoms with Crippen LogP contribution >= 0.6 is 11.8 Å². The van der Waals surface area contributed by atoms with Crippen molar-refractivity contribution < 1.29 is 8.78 Å². The minimum atomic E-state index is -0.642. The van der Waals surface area contributed by atoms with Crippen LogP contribution in [-0.2, 0) is 0 Å². The number of aromatic nitrogens is 2. The van der Waals surface area contributed by atoms with Gasteiger partial charge in [0, 0.05) is 22.8 Å². The zero-order valence-electron chi connectivity index (χ0n) is 13.6. The summed E-state index contributed by atoms with van der Waals surface area (Å²) in [6.45, 7) is 7.41. The molecule has 2 rings (SSSR count). The zero-order valence-corrected chi connectivity index (χ0v) is 14.4. The molecular formula is C17H20F2N2OS. The fourth-order valence-corrected chi connectivity index (χ4v) is 3.14. The van der Waals surface area contributed by atoms with Gasteiger partial charge in [0.25, 0.3) is 5.56 Å². The second-order valence-corrected chi connectivity index (χ2v) is 6.95. The van der Waals surface area contributed by atoms with Gasteiger partial charge in [-0.3, -0.25) is 4.79 Å². The van der Waals surface area contributed by atoms with Gasteiger partial charge in [0.2, 0.25) is 0 Å². The molecule has 0 aliphatic carbocycles. The van der Waals surface area contributed by atoms with Crippen LogP contribution in [0.2, 0.25) is 0 Å². The van der Waals surface area contributed by atoms with Gasteiger partial charge in [0.1, 0.15) is 11.6 Å². The molecule has 1 heterocycles. The first-order valence-corrected chi connectivity index (χ1v) is 8.47. The number of rotatable bonds is 5. The van der Waals surface area contributed by atoms with Crippen LogP contribution in [0.15, 0.2) is 28.2 Å². The summed E-state index contributed by atoms with van der Waals surface area (Å²) in [5.41, 5.74) is 0.455. The van der Waals surface area contributed by atoms with E-state index in [0.29, 0.717) is 22.3 Å². The second kappa shape index (κ2) is 7.25. The molecule has 1 N–H and O–H groups in total. The van der Waals surface area contributed by atoms with Gasteiger partial charge in [0.15, 0.2) is 5.16 Å². The molecule has 1 aromatic carbocycles. The monoisotopic (exact) mass is 338 g/mol. The highest BCUT2D eigenvalue weighted by atomic mass is 32.2. The van der Waals surface area contributed by atoms with Crippen LogP contribution in [0.1, 0.15) is 43.5 Å².